The van der Waals surface area contributed by atoms with Crippen molar-refractivity contribution in [3.05, 3.63) is 94.1 Å². The molecule has 1 atom stereocenters. The largest absolute Gasteiger partial charge is 0.326 e. The van der Waals surface area contributed by atoms with E-state index in [9.17, 15) is 10.1 Å². The summed E-state index contributed by atoms with van der Waals surface area (Å²) in [7, 11) is 0. The molecule has 2 aromatic carbocycles. The van der Waals surface area contributed by atoms with E-state index in [1.54, 1.807) is 24.7 Å². The number of hydrogen-bond acceptors (Lipinski definition) is 3. The van der Waals surface area contributed by atoms with E-state index in [0.717, 1.165) is 11.1 Å². The number of benzene rings is 2. The molecule has 110 valence electrons. The lowest BCUT2D eigenvalue weighted by Gasteiger charge is -2.19. The molecule has 5 nitrogen and oxygen atoms in total. The number of aryl methyl sites for hydroxylation is 1. The third-order valence-electron chi connectivity index (χ3n) is 3.64. The number of hydrogen-bond donors (Lipinski definition) is 0. The van der Waals surface area contributed by atoms with Crippen molar-refractivity contribution in [2.24, 2.45) is 0 Å². The van der Waals surface area contributed by atoms with Crippen molar-refractivity contribution in [3.8, 4) is 0 Å². The Morgan fingerprint density at radius 2 is 1.64 bits per heavy atom. The van der Waals surface area contributed by atoms with Gasteiger partial charge in [-0.3, -0.25) is 10.1 Å². The zero-order chi connectivity index (χ0) is 15.5. The number of nitro benzene ring substituents is 1. The molecular formula is C17H15N3O2. The van der Waals surface area contributed by atoms with Crippen molar-refractivity contribution in [2.45, 2.75) is 13.0 Å². The molecule has 5 heteroatoms. The van der Waals surface area contributed by atoms with Crippen LogP contribution in [0.2, 0.25) is 0 Å². The average molecular weight is 293 g/mol. The Hall–Kier alpha value is -2.95. The molecule has 0 aliphatic heterocycles. The lowest BCUT2D eigenvalue weighted by molar-refractivity contribution is -0.384. The van der Waals surface area contributed by atoms with Gasteiger partial charge in [-0.1, -0.05) is 29.8 Å². The summed E-state index contributed by atoms with van der Waals surface area (Å²) < 4.78 is 1.99. The molecule has 1 heterocycles. The zero-order valence-electron chi connectivity index (χ0n) is 12.1. The SMILES string of the molecule is Cc1ccc(C(c2ccc([N+](=O)[O-])cc2)n2ccnc2)cc1. The Labute approximate surface area is 128 Å². The minimum Gasteiger partial charge on any atom is -0.326 e. The molecule has 0 fully saturated rings. The second kappa shape index (κ2) is 5.81. The first-order chi connectivity index (χ1) is 10.6. The van der Waals surface area contributed by atoms with Crippen LogP contribution >= 0.6 is 0 Å². The highest BCUT2D eigenvalue weighted by atomic mass is 16.6. The van der Waals surface area contributed by atoms with Crippen molar-refractivity contribution in [1.29, 1.82) is 0 Å². The van der Waals surface area contributed by atoms with Gasteiger partial charge in [0.1, 0.15) is 0 Å². The highest BCUT2D eigenvalue weighted by Crippen LogP contribution is 2.28. The maximum absolute atomic E-state index is 10.8. The monoisotopic (exact) mass is 293 g/mol. The fourth-order valence-corrected chi connectivity index (χ4v) is 2.49. The van der Waals surface area contributed by atoms with Crippen molar-refractivity contribution in [3.63, 3.8) is 0 Å². The summed E-state index contributed by atoms with van der Waals surface area (Å²) in [6.07, 6.45) is 5.38. The standard InChI is InChI=1S/C17H15N3O2/c1-13-2-4-14(5-3-13)17(19-11-10-18-12-19)15-6-8-16(9-7-15)20(21)22/h2-12,17H,1H3. The van der Waals surface area contributed by atoms with Crippen LogP contribution in [0.3, 0.4) is 0 Å². The molecule has 1 aromatic heterocycles. The van der Waals surface area contributed by atoms with Gasteiger partial charge in [0.05, 0.1) is 17.3 Å². The van der Waals surface area contributed by atoms with E-state index in [1.165, 1.54) is 17.7 Å². The molecule has 0 saturated carbocycles. The summed E-state index contributed by atoms with van der Waals surface area (Å²) in [5.41, 5.74) is 3.37. The van der Waals surface area contributed by atoms with Crippen LogP contribution in [-0.2, 0) is 0 Å². The van der Waals surface area contributed by atoms with E-state index in [0.29, 0.717) is 0 Å². The molecule has 0 bridgehead atoms. The molecule has 3 rings (SSSR count). The number of nitrogens with zero attached hydrogens (tertiary/aromatic N) is 3. The van der Waals surface area contributed by atoms with Gasteiger partial charge in [0.25, 0.3) is 5.69 Å². The van der Waals surface area contributed by atoms with Gasteiger partial charge in [0.2, 0.25) is 0 Å². The van der Waals surface area contributed by atoms with E-state index < -0.39 is 0 Å². The quantitative estimate of drug-likeness (QED) is 0.544. The van der Waals surface area contributed by atoms with Gasteiger partial charge in [-0.25, -0.2) is 4.98 Å². The van der Waals surface area contributed by atoms with E-state index in [4.69, 9.17) is 0 Å². The van der Waals surface area contributed by atoms with Crippen LogP contribution in [0.4, 0.5) is 5.69 Å². The first kappa shape index (κ1) is 14.0. The van der Waals surface area contributed by atoms with Gasteiger partial charge in [0, 0.05) is 24.5 Å². The molecule has 3 aromatic rings. The van der Waals surface area contributed by atoms with Gasteiger partial charge in [-0.15, -0.1) is 0 Å². The van der Waals surface area contributed by atoms with Crippen molar-refractivity contribution in [2.75, 3.05) is 0 Å². The highest BCUT2D eigenvalue weighted by molar-refractivity contribution is 5.39. The van der Waals surface area contributed by atoms with Crippen LogP contribution < -0.4 is 0 Å². The second-order valence-electron chi connectivity index (χ2n) is 5.17. The molecule has 0 N–H and O–H groups in total. The normalized spacial score (nSPS) is 12.0. The van der Waals surface area contributed by atoms with E-state index in [2.05, 4.69) is 29.2 Å². The maximum atomic E-state index is 10.8. The zero-order valence-corrected chi connectivity index (χ0v) is 12.1. The molecule has 22 heavy (non-hydrogen) atoms. The maximum Gasteiger partial charge on any atom is 0.269 e. The summed E-state index contributed by atoms with van der Waals surface area (Å²) >= 11 is 0. The molecule has 0 radical (unpaired) electrons. The topological polar surface area (TPSA) is 61.0 Å². The van der Waals surface area contributed by atoms with Crippen LogP contribution in [0.5, 0.6) is 0 Å². The Bertz CT molecular complexity index is 763. The highest BCUT2D eigenvalue weighted by Gasteiger charge is 2.17. The van der Waals surface area contributed by atoms with Crippen LogP contribution in [0.1, 0.15) is 22.7 Å². The van der Waals surface area contributed by atoms with E-state index >= 15 is 0 Å². The number of rotatable bonds is 4. The van der Waals surface area contributed by atoms with Crippen molar-refractivity contribution >= 4 is 5.69 Å². The predicted molar refractivity (Wildman–Crippen MR) is 83.7 cm³/mol. The molecule has 0 aliphatic rings. The number of aromatic nitrogens is 2. The van der Waals surface area contributed by atoms with Gasteiger partial charge in [-0.05, 0) is 30.2 Å². The van der Waals surface area contributed by atoms with Gasteiger partial charge < -0.3 is 4.57 Å². The molecule has 1 unspecified atom stereocenters. The Morgan fingerprint density at radius 3 is 2.14 bits per heavy atom. The van der Waals surface area contributed by atoms with Crippen LogP contribution in [-0.4, -0.2) is 14.5 Å². The average Bonchev–Trinajstić information content (AvgIpc) is 3.04. The van der Waals surface area contributed by atoms with E-state index in [-0.39, 0.29) is 16.7 Å². The molecular weight excluding hydrogens is 278 g/mol. The Morgan fingerprint density at radius 1 is 1.05 bits per heavy atom. The molecule has 0 aliphatic carbocycles. The number of imidazole rings is 1. The number of non-ortho nitro benzene ring substituents is 1. The fourth-order valence-electron chi connectivity index (χ4n) is 2.49. The Balaban J connectivity index is 2.05. The second-order valence-corrected chi connectivity index (χ2v) is 5.17. The Kier molecular flexibility index (Phi) is 3.70. The fraction of sp³-hybridized carbons (Fsp3) is 0.118. The molecule has 0 amide bonds. The first-order valence-electron chi connectivity index (χ1n) is 6.93. The van der Waals surface area contributed by atoms with Crippen LogP contribution in [0, 0.1) is 17.0 Å². The third kappa shape index (κ3) is 2.74. The first-order valence-corrected chi connectivity index (χ1v) is 6.93. The number of nitro groups is 1. The van der Waals surface area contributed by atoms with Gasteiger partial charge in [-0.2, -0.15) is 0 Å². The summed E-state index contributed by atoms with van der Waals surface area (Å²) in [6.45, 7) is 2.04. The van der Waals surface area contributed by atoms with Gasteiger partial charge in [0.15, 0.2) is 0 Å². The van der Waals surface area contributed by atoms with Gasteiger partial charge >= 0.3 is 0 Å². The lowest BCUT2D eigenvalue weighted by atomic mass is 9.97. The van der Waals surface area contributed by atoms with Crippen LogP contribution in [0.25, 0.3) is 0 Å². The van der Waals surface area contributed by atoms with Crippen molar-refractivity contribution in [1.82, 2.24) is 9.55 Å². The van der Waals surface area contributed by atoms with E-state index in [1.807, 2.05) is 17.7 Å². The minimum atomic E-state index is -0.387. The summed E-state index contributed by atoms with van der Waals surface area (Å²) in [5, 5.41) is 10.8. The molecule has 0 saturated heterocycles. The van der Waals surface area contributed by atoms with Crippen LogP contribution in [0.15, 0.2) is 67.3 Å². The lowest BCUT2D eigenvalue weighted by Crippen LogP contribution is -2.10. The summed E-state index contributed by atoms with van der Waals surface area (Å²) in [4.78, 5) is 14.5. The third-order valence-corrected chi connectivity index (χ3v) is 3.64. The summed E-state index contributed by atoms with van der Waals surface area (Å²) in [5.74, 6) is 0. The smallest absolute Gasteiger partial charge is 0.269 e. The van der Waals surface area contributed by atoms with Crippen molar-refractivity contribution < 1.29 is 4.92 Å². The summed E-state index contributed by atoms with van der Waals surface area (Å²) in [6, 6.07) is 14.9. The molecule has 0 spiro atoms. The minimum absolute atomic E-state index is 0.0519. The predicted octanol–water partition coefficient (Wildman–Crippen LogP) is 3.74.